The Balaban J connectivity index is 0.000000370. The molecule has 0 spiro atoms. The number of rotatable bonds is 4. The normalized spacial score (nSPS) is 12.2. The number of nitrogens with one attached hydrogen (secondary N) is 1. The fourth-order valence-corrected chi connectivity index (χ4v) is 1.51. The van der Waals surface area contributed by atoms with Crippen molar-refractivity contribution in [3.05, 3.63) is 30.3 Å². The molecule has 0 unspecified atom stereocenters. The van der Waals surface area contributed by atoms with Crippen molar-refractivity contribution in [2.45, 2.75) is 32.9 Å². The summed E-state index contributed by atoms with van der Waals surface area (Å²) in [5.41, 5.74) is 5.63. The molecule has 0 aliphatic carbocycles. The van der Waals surface area contributed by atoms with Gasteiger partial charge in [-0.15, -0.1) is 0 Å². The van der Waals surface area contributed by atoms with Gasteiger partial charge in [-0.2, -0.15) is 0 Å². The summed E-state index contributed by atoms with van der Waals surface area (Å²) in [6.07, 6.45) is -0.0662. The standard InChI is InChI=1S/C6H8NO3P.C6H13NO2/c8-11(9,10)7-6-4-2-1-3-5-6;1-4(2)9-6(8)5(3)7/h1-5H,(H3,7,8,9,10);4-5H,7H2,1-3H3/t;5-/m.0/s1. The van der Waals surface area contributed by atoms with Gasteiger partial charge in [0.1, 0.15) is 6.04 Å². The third-order valence-electron chi connectivity index (χ3n) is 1.77. The van der Waals surface area contributed by atoms with Gasteiger partial charge in [-0.1, -0.05) is 18.2 Å². The van der Waals surface area contributed by atoms with Gasteiger partial charge >= 0.3 is 13.7 Å². The highest BCUT2D eigenvalue weighted by atomic mass is 31.2. The summed E-state index contributed by atoms with van der Waals surface area (Å²) in [7, 11) is -4.14. The maximum absolute atomic E-state index is 10.6. The lowest BCUT2D eigenvalue weighted by Gasteiger charge is -2.08. The number of benzene rings is 1. The Kier molecular flexibility index (Phi) is 8.10. The summed E-state index contributed by atoms with van der Waals surface area (Å²) in [5.74, 6) is -0.343. The molecule has 114 valence electrons. The maximum atomic E-state index is 10.6. The van der Waals surface area contributed by atoms with Crippen molar-refractivity contribution in [2.75, 3.05) is 5.09 Å². The molecule has 0 heterocycles. The zero-order valence-corrected chi connectivity index (χ0v) is 12.6. The average Bonchev–Trinajstić information content (AvgIpc) is 2.27. The van der Waals surface area contributed by atoms with Gasteiger partial charge in [0.2, 0.25) is 0 Å². The van der Waals surface area contributed by atoms with Crippen LogP contribution in [0.4, 0.5) is 5.69 Å². The van der Waals surface area contributed by atoms with Gasteiger partial charge in [0.25, 0.3) is 0 Å². The van der Waals surface area contributed by atoms with Crippen LogP contribution in [0.5, 0.6) is 0 Å². The number of carbonyl (C=O) groups excluding carboxylic acids is 1. The van der Waals surface area contributed by atoms with E-state index in [0.717, 1.165) is 0 Å². The van der Waals surface area contributed by atoms with Crippen molar-refractivity contribution in [1.29, 1.82) is 0 Å². The Hall–Kier alpha value is -1.40. The summed E-state index contributed by atoms with van der Waals surface area (Å²) in [5, 5.41) is 2.05. The second-order valence-corrected chi connectivity index (χ2v) is 5.61. The predicted octanol–water partition coefficient (Wildman–Crippen LogP) is 1.48. The van der Waals surface area contributed by atoms with Crippen LogP contribution in [0.1, 0.15) is 20.8 Å². The largest absolute Gasteiger partial charge is 0.462 e. The number of anilines is 1. The first-order valence-electron chi connectivity index (χ1n) is 5.96. The van der Waals surface area contributed by atoms with Gasteiger partial charge in [0.05, 0.1) is 6.10 Å². The molecule has 0 radical (unpaired) electrons. The average molecular weight is 304 g/mol. The number of esters is 1. The topological polar surface area (TPSA) is 122 Å². The van der Waals surface area contributed by atoms with E-state index in [0.29, 0.717) is 5.69 Å². The molecule has 20 heavy (non-hydrogen) atoms. The number of carbonyl (C=O) groups is 1. The summed E-state index contributed by atoms with van der Waals surface area (Å²) < 4.78 is 15.1. The van der Waals surface area contributed by atoms with Gasteiger partial charge < -0.3 is 20.3 Å². The van der Waals surface area contributed by atoms with Crippen molar-refractivity contribution >= 4 is 19.4 Å². The summed E-state index contributed by atoms with van der Waals surface area (Å²) in [4.78, 5) is 27.5. The Labute approximate surface area is 118 Å². The van der Waals surface area contributed by atoms with Gasteiger partial charge in [-0.25, -0.2) is 4.57 Å². The molecule has 1 aromatic rings. The Morgan fingerprint density at radius 1 is 1.25 bits per heavy atom. The molecule has 1 atom stereocenters. The second-order valence-electron chi connectivity index (χ2n) is 4.30. The van der Waals surface area contributed by atoms with Crippen LogP contribution in [0.25, 0.3) is 0 Å². The molecular formula is C12H21N2O5P. The highest BCUT2D eigenvalue weighted by molar-refractivity contribution is 7.53. The summed E-state index contributed by atoms with van der Waals surface area (Å²) in [6.45, 7) is 5.19. The fourth-order valence-electron chi connectivity index (χ4n) is 1.02. The molecule has 0 fully saturated rings. The van der Waals surface area contributed by atoms with Gasteiger partial charge in [0.15, 0.2) is 0 Å². The molecule has 5 N–H and O–H groups in total. The molecule has 0 bridgehead atoms. The molecule has 1 aromatic carbocycles. The molecule has 0 aliphatic heterocycles. The lowest BCUT2D eigenvalue weighted by molar-refractivity contribution is -0.148. The smallest absolute Gasteiger partial charge is 0.427 e. The van der Waals surface area contributed by atoms with Crippen LogP contribution in [-0.2, 0) is 14.1 Å². The monoisotopic (exact) mass is 304 g/mol. The summed E-state index contributed by atoms with van der Waals surface area (Å²) in [6, 6.07) is 7.81. The number of nitrogens with two attached hydrogens (primary N) is 1. The molecule has 0 amide bonds. The van der Waals surface area contributed by atoms with Crippen LogP contribution in [0.3, 0.4) is 0 Å². The molecule has 0 aliphatic rings. The first-order valence-corrected chi connectivity index (χ1v) is 7.58. The number of ether oxygens (including phenoxy) is 1. The molecule has 0 saturated heterocycles. The van der Waals surface area contributed by atoms with E-state index >= 15 is 0 Å². The van der Waals surface area contributed by atoms with E-state index in [1.165, 1.54) is 0 Å². The van der Waals surface area contributed by atoms with Crippen LogP contribution in [0.2, 0.25) is 0 Å². The molecule has 0 aromatic heterocycles. The first-order chi connectivity index (χ1) is 9.11. The van der Waals surface area contributed by atoms with Gasteiger partial charge in [-0.05, 0) is 32.9 Å². The van der Waals surface area contributed by atoms with E-state index in [1.807, 2.05) is 5.09 Å². The minimum absolute atomic E-state index is 0.0662. The third-order valence-corrected chi connectivity index (χ3v) is 2.32. The Morgan fingerprint density at radius 2 is 1.75 bits per heavy atom. The van der Waals surface area contributed by atoms with Crippen molar-refractivity contribution in [2.24, 2.45) is 5.73 Å². The maximum Gasteiger partial charge on any atom is 0.427 e. The van der Waals surface area contributed by atoms with Crippen LogP contribution in [0.15, 0.2) is 30.3 Å². The van der Waals surface area contributed by atoms with Crippen molar-refractivity contribution < 1.29 is 23.9 Å². The van der Waals surface area contributed by atoms with Crippen molar-refractivity contribution in [1.82, 2.24) is 0 Å². The molecular weight excluding hydrogens is 283 g/mol. The molecule has 7 nitrogen and oxygen atoms in total. The number of hydrogen-bond donors (Lipinski definition) is 4. The number of para-hydroxylation sites is 1. The molecule has 0 saturated carbocycles. The number of hydrogen-bond acceptors (Lipinski definition) is 4. The minimum Gasteiger partial charge on any atom is -0.462 e. The summed E-state index contributed by atoms with van der Waals surface area (Å²) >= 11 is 0. The van der Waals surface area contributed by atoms with E-state index in [9.17, 15) is 9.36 Å². The predicted molar refractivity (Wildman–Crippen MR) is 77.0 cm³/mol. The fraction of sp³-hybridized carbons (Fsp3) is 0.417. The van der Waals surface area contributed by atoms with E-state index in [-0.39, 0.29) is 12.1 Å². The second kappa shape index (κ2) is 8.71. The molecule has 8 heteroatoms. The SMILES string of the molecule is CC(C)OC(=O)[C@H](C)N.O=P(O)(O)Nc1ccccc1. The van der Waals surface area contributed by atoms with Gasteiger partial charge in [0, 0.05) is 5.69 Å². The Morgan fingerprint density at radius 3 is 2.05 bits per heavy atom. The first kappa shape index (κ1) is 18.6. The zero-order chi connectivity index (χ0) is 15.8. The van der Waals surface area contributed by atoms with Crippen molar-refractivity contribution in [3.63, 3.8) is 0 Å². The van der Waals surface area contributed by atoms with Crippen LogP contribution in [0, 0.1) is 0 Å². The van der Waals surface area contributed by atoms with E-state index in [4.69, 9.17) is 20.3 Å². The lowest BCUT2D eigenvalue weighted by atomic mass is 10.3. The Bertz CT molecular complexity index is 444. The lowest BCUT2D eigenvalue weighted by Crippen LogP contribution is -2.30. The van der Waals surface area contributed by atoms with Crippen LogP contribution in [-0.4, -0.2) is 27.9 Å². The minimum atomic E-state index is -4.14. The third kappa shape index (κ3) is 10.5. The van der Waals surface area contributed by atoms with Gasteiger partial charge in [-0.3, -0.25) is 9.88 Å². The zero-order valence-electron chi connectivity index (χ0n) is 11.7. The quantitative estimate of drug-likeness (QED) is 0.491. The van der Waals surface area contributed by atoms with Crippen molar-refractivity contribution in [3.8, 4) is 0 Å². The molecule has 1 rings (SSSR count). The van der Waals surface area contributed by atoms with Crippen LogP contribution < -0.4 is 10.8 Å². The van der Waals surface area contributed by atoms with E-state index < -0.39 is 13.8 Å². The highest BCUT2D eigenvalue weighted by Gasteiger charge is 2.10. The van der Waals surface area contributed by atoms with E-state index in [2.05, 4.69) is 0 Å². The van der Waals surface area contributed by atoms with E-state index in [1.54, 1.807) is 51.1 Å². The highest BCUT2D eigenvalue weighted by Crippen LogP contribution is 2.34. The van der Waals surface area contributed by atoms with Crippen LogP contribution >= 0.6 is 7.75 Å².